The maximum atomic E-state index is 12.6. The number of carbonyl (C=O) groups is 2. The van der Waals surface area contributed by atoms with Gasteiger partial charge in [-0.3, -0.25) is 9.59 Å². The van der Waals surface area contributed by atoms with E-state index < -0.39 is 16.1 Å². The smallest absolute Gasteiger partial charge is 0.234 e. The van der Waals surface area contributed by atoms with Crippen LogP contribution in [0.25, 0.3) is 4.91 Å². The third-order valence-corrected chi connectivity index (χ3v) is 7.98. The van der Waals surface area contributed by atoms with Gasteiger partial charge in [-0.2, -0.15) is 0 Å². The summed E-state index contributed by atoms with van der Waals surface area (Å²) in [7, 11) is -2.94. The van der Waals surface area contributed by atoms with Crippen LogP contribution in [-0.4, -0.2) is 33.0 Å². The number of thiophene rings is 1. The summed E-state index contributed by atoms with van der Waals surface area (Å²) in [4.78, 5) is 27.9. The van der Waals surface area contributed by atoms with E-state index in [0.717, 1.165) is 14.7 Å². The summed E-state index contributed by atoms with van der Waals surface area (Å²) < 4.78 is 0. The zero-order valence-corrected chi connectivity index (χ0v) is 19.6. The molecule has 0 spiro atoms. The van der Waals surface area contributed by atoms with E-state index in [9.17, 15) is 9.59 Å². The lowest BCUT2D eigenvalue weighted by Gasteiger charge is -2.10. The highest BCUT2D eigenvalue weighted by Crippen LogP contribution is 2.50. The number of hydrogen-bond donors (Lipinski definition) is 0. The standard InChI is InChI=1S/C20H22O2S2Si2/c1-25(2,3)9-7-13-11-15-17(21)18(22)16-12-14(8-10-26(4,5)6)24-20(16)19(15)23-13/h11,14H,12H2,1-6H3. The van der Waals surface area contributed by atoms with Gasteiger partial charge in [0, 0.05) is 22.5 Å². The molecule has 0 N–H and O–H groups in total. The topological polar surface area (TPSA) is 34.1 Å². The highest BCUT2D eigenvalue weighted by atomic mass is 32.2. The molecule has 0 aromatic carbocycles. The quantitative estimate of drug-likeness (QED) is 0.346. The summed E-state index contributed by atoms with van der Waals surface area (Å²) in [5.74, 6) is 5.85. The molecule has 2 nitrogen and oxygen atoms in total. The van der Waals surface area contributed by atoms with E-state index in [0.29, 0.717) is 17.6 Å². The van der Waals surface area contributed by atoms with E-state index >= 15 is 0 Å². The minimum Gasteiger partial charge on any atom is -0.285 e. The number of fused-ring (bicyclic) bond motifs is 2. The van der Waals surface area contributed by atoms with Crippen LogP contribution in [0.2, 0.25) is 39.3 Å². The van der Waals surface area contributed by atoms with Crippen LogP contribution >= 0.6 is 23.1 Å². The monoisotopic (exact) mass is 414 g/mol. The second-order valence-corrected chi connectivity index (χ2v) is 20.4. The van der Waals surface area contributed by atoms with Crippen LogP contribution in [0.1, 0.15) is 26.5 Å². The predicted octanol–water partition coefficient (Wildman–Crippen LogP) is 4.84. The molecule has 1 aliphatic carbocycles. The molecule has 0 bridgehead atoms. The molecule has 0 fully saturated rings. The molecule has 1 aromatic heterocycles. The Balaban J connectivity index is 1.97. The van der Waals surface area contributed by atoms with Crippen molar-refractivity contribution in [2.75, 3.05) is 0 Å². The Hall–Kier alpha value is -1.32. The first-order chi connectivity index (χ1) is 11.9. The van der Waals surface area contributed by atoms with Crippen molar-refractivity contribution in [2.24, 2.45) is 0 Å². The van der Waals surface area contributed by atoms with Gasteiger partial charge in [0.25, 0.3) is 0 Å². The summed E-state index contributed by atoms with van der Waals surface area (Å²) in [6.07, 6.45) is 0.579. The highest BCUT2D eigenvalue weighted by molar-refractivity contribution is 8.09. The number of thioether (sulfide) groups is 1. The zero-order valence-electron chi connectivity index (χ0n) is 16.0. The minimum atomic E-state index is -1.49. The second-order valence-electron chi connectivity index (χ2n) is 8.65. The van der Waals surface area contributed by atoms with Gasteiger partial charge in [-0.1, -0.05) is 51.1 Å². The van der Waals surface area contributed by atoms with Crippen LogP contribution < -0.4 is 0 Å². The van der Waals surface area contributed by atoms with Crippen molar-refractivity contribution >= 4 is 55.7 Å². The SMILES string of the molecule is C[Si](C)(C)C#Cc1cc2c(s1)C1=C(CC(C#C[Si](C)(C)C)S1)C(=O)C2=O. The van der Waals surface area contributed by atoms with Crippen LogP contribution in [0, 0.1) is 22.9 Å². The Bertz CT molecular complexity index is 964. The molecule has 1 atom stereocenters. The average molecular weight is 415 g/mol. The number of rotatable bonds is 0. The van der Waals surface area contributed by atoms with Crippen LogP contribution in [0.4, 0.5) is 0 Å². The molecule has 0 amide bonds. The first-order valence-corrected chi connectivity index (χ1v) is 17.3. The van der Waals surface area contributed by atoms with Crippen molar-refractivity contribution in [3.63, 3.8) is 0 Å². The number of hydrogen-bond acceptors (Lipinski definition) is 4. The fourth-order valence-electron chi connectivity index (χ4n) is 2.60. The maximum Gasteiger partial charge on any atom is 0.234 e. The molecule has 1 aromatic rings. The molecular weight excluding hydrogens is 393 g/mol. The van der Waals surface area contributed by atoms with E-state index in [1.165, 1.54) is 0 Å². The third-order valence-electron chi connectivity index (χ3n) is 3.76. The van der Waals surface area contributed by atoms with Crippen molar-refractivity contribution in [1.82, 2.24) is 0 Å². The summed E-state index contributed by atoms with van der Waals surface area (Å²) >= 11 is 3.19. The van der Waals surface area contributed by atoms with Crippen molar-refractivity contribution in [3.8, 4) is 22.9 Å². The van der Waals surface area contributed by atoms with E-state index in [2.05, 4.69) is 62.2 Å². The molecule has 1 unspecified atom stereocenters. The number of Topliss-reactive ketones (excluding diaryl/α,β-unsaturated/α-hetero) is 2. The van der Waals surface area contributed by atoms with Crippen LogP contribution in [-0.2, 0) is 4.79 Å². The molecule has 134 valence electrons. The Morgan fingerprint density at radius 2 is 1.65 bits per heavy atom. The minimum absolute atomic E-state index is 0.0769. The van der Waals surface area contributed by atoms with Crippen LogP contribution in [0.5, 0.6) is 0 Å². The molecule has 6 heteroatoms. The zero-order chi connectivity index (χ0) is 19.3. The summed E-state index contributed by atoms with van der Waals surface area (Å²) in [5, 5.41) is 0.0769. The van der Waals surface area contributed by atoms with E-state index in [1.807, 2.05) is 0 Å². The first kappa shape index (κ1) is 19.4. The van der Waals surface area contributed by atoms with Crippen molar-refractivity contribution < 1.29 is 9.59 Å². The summed E-state index contributed by atoms with van der Waals surface area (Å²) in [6, 6.07) is 1.80. The Morgan fingerprint density at radius 1 is 1.00 bits per heavy atom. The van der Waals surface area contributed by atoms with E-state index in [-0.39, 0.29) is 16.8 Å². The lowest BCUT2D eigenvalue weighted by atomic mass is 9.92. The molecule has 1 aliphatic heterocycles. The summed E-state index contributed by atoms with van der Waals surface area (Å²) in [5.41, 5.74) is 7.93. The normalized spacial score (nSPS) is 19.4. The number of allylic oxidation sites excluding steroid dienone is 1. The molecule has 3 rings (SSSR count). The van der Waals surface area contributed by atoms with Gasteiger partial charge in [-0.15, -0.1) is 34.2 Å². The number of ketones is 2. The lowest BCUT2D eigenvalue weighted by Crippen LogP contribution is -2.21. The fourth-order valence-corrected chi connectivity index (χ4v) is 6.34. The largest absolute Gasteiger partial charge is 0.285 e. The third kappa shape index (κ3) is 4.15. The molecule has 2 aliphatic rings. The number of carbonyl (C=O) groups excluding carboxylic acids is 2. The maximum absolute atomic E-state index is 12.6. The molecular formula is C20H22O2S2Si2. The van der Waals surface area contributed by atoms with Gasteiger partial charge in [-0.25, -0.2) is 0 Å². The molecule has 26 heavy (non-hydrogen) atoms. The summed E-state index contributed by atoms with van der Waals surface area (Å²) in [6.45, 7) is 13.2. The average Bonchev–Trinajstić information content (AvgIpc) is 3.11. The van der Waals surface area contributed by atoms with Gasteiger partial charge in [0.2, 0.25) is 11.6 Å². The lowest BCUT2D eigenvalue weighted by molar-refractivity contribution is -0.111. The Kier molecular flexibility index (Phi) is 5.00. The molecule has 2 heterocycles. The highest BCUT2D eigenvalue weighted by Gasteiger charge is 2.40. The van der Waals surface area contributed by atoms with Crippen LogP contribution in [0.15, 0.2) is 11.6 Å². The van der Waals surface area contributed by atoms with Gasteiger partial charge in [0.15, 0.2) is 0 Å². The molecule has 0 saturated carbocycles. The van der Waals surface area contributed by atoms with E-state index in [4.69, 9.17) is 0 Å². The predicted molar refractivity (Wildman–Crippen MR) is 118 cm³/mol. The van der Waals surface area contributed by atoms with Gasteiger partial charge >= 0.3 is 0 Å². The van der Waals surface area contributed by atoms with Crippen molar-refractivity contribution in [3.05, 3.63) is 27.0 Å². The van der Waals surface area contributed by atoms with Crippen molar-refractivity contribution in [1.29, 1.82) is 0 Å². The van der Waals surface area contributed by atoms with Crippen LogP contribution in [0.3, 0.4) is 0 Å². The Labute approximate surface area is 165 Å². The molecule has 0 saturated heterocycles. The van der Waals surface area contributed by atoms with Gasteiger partial charge in [-0.05, 0) is 6.07 Å². The fraction of sp³-hybridized carbons (Fsp3) is 0.400. The molecule has 0 radical (unpaired) electrons. The van der Waals surface area contributed by atoms with Crippen molar-refractivity contribution in [2.45, 2.75) is 51.0 Å². The van der Waals surface area contributed by atoms with E-state index in [1.54, 1.807) is 29.2 Å². The van der Waals surface area contributed by atoms with Gasteiger partial charge < -0.3 is 0 Å². The second kappa shape index (κ2) is 6.69. The first-order valence-electron chi connectivity index (χ1n) is 8.63. The Morgan fingerprint density at radius 3 is 2.27 bits per heavy atom. The van der Waals surface area contributed by atoms with Gasteiger partial charge in [0.1, 0.15) is 16.1 Å². The van der Waals surface area contributed by atoms with Gasteiger partial charge in [0.05, 0.1) is 15.0 Å².